The molecule has 3 heterocycles. The molecule has 0 aromatic carbocycles. The average molecular weight is 239 g/mol. The number of rotatable bonds is 1. The summed E-state index contributed by atoms with van der Waals surface area (Å²) in [7, 11) is 0. The second-order valence-electron chi connectivity index (χ2n) is 4.72. The molecule has 16 heavy (non-hydrogen) atoms. The van der Waals surface area contributed by atoms with Crippen LogP contribution in [0.25, 0.3) is 0 Å². The van der Waals surface area contributed by atoms with Crippen molar-refractivity contribution in [2.24, 2.45) is 11.8 Å². The Morgan fingerprint density at radius 2 is 2.00 bits per heavy atom. The number of halogens is 1. The number of fused-ring (bicyclic) bond motifs is 1. The molecule has 2 aliphatic rings. The molecule has 0 radical (unpaired) electrons. The van der Waals surface area contributed by atoms with Gasteiger partial charge in [-0.2, -0.15) is 0 Å². The van der Waals surface area contributed by atoms with Gasteiger partial charge in [-0.25, -0.2) is 9.97 Å². The van der Waals surface area contributed by atoms with Crippen LogP contribution in [0, 0.1) is 18.8 Å². The van der Waals surface area contributed by atoms with E-state index in [1.54, 1.807) is 6.07 Å². The number of aromatic nitrogens is 2. The molecule has 5 heteroatoms. The number of nitrogens with zero attached hydrogens (tertiary/aromatic N) is 3. The quantitative estimate of drug-likeness (QED) is 0.744. The smallest absolute Gasteiger partial charge is 0.226 e. The van der Waals surface area contributed by atoms with Crippen molar-refractivity contribution in [1.82, 2.24) is 15.3 Å². The first-order chi connectivity index (χ1) is 7.72. The predicted octanol–water partition coefficient (Wildman–Crippen LogP) is 1.09. The standard InChI is InChI=1S/C11H15ClN4/c1-7-2-10(12)15-11(14-7)16-5-8-3-13-4-9(8)6-16/h2,8-9,13H,3-6H2,1H3. The monoisotopic (exact) mass is 238 g/mol. The fourth-order valence-corrected chi connectivity index (χ4v) is 2.91. The van der Waals surface area contributed by atoms with Crippen molar-refractivity contribution in [3.8, 4) is 0 Å². The van der Waals surface area contributed by atoms with E-state index in [9.17, 15) is 0 Å². The molecule has 86 valence electrons. The largest absolute Gasteiger partial charge is 0.340 e. The molecule has 2 aliphatic heterocycles. The Kier molecular flexibility index (Phi) is 2.48. The van der Waals surface area contributed by atoms with Crippen LogP contribution in [0.4, 0.5) is 5.95 Å². The molecule has 4 nitrogen and oxygen atoms in total. The van der Waals surface area contributed by atoms with Gasteiger partial charge in [0.25, 0.3) is 0 Å². The first-order valence-corrected chi connectivity index (χ1v) is 6.07. The van der Waals surface area contributed by atoms with Crippen molar-refractivity contribution in [2.75, 3.05) is 31.1 Å². The molecule has 0 bridgehead atoms. The highest BCUT2D eigenvalue weighted by atomic mass is 35.5. The van der Waals surface area contributed by atoms with Gasteiger partial charge in [0.05, 0.1) is 0 Å². The summed E-state index contributed by atoms with van der Waals surface area (Å²) >= 11 is 5.96. The highest BCUT2D eigenvalue weighted by Crippen LogP contribution is 2.29. The van der Waals surface area contributed by atoms with E-state index in [-0.39, 0.29) is 0 Å². The lowest BCUT2D eigenvalue weighted by atomic mass is 10.0. The molecule has 0 amide bonds. The topological polar surface area (TPSA) is 41.1 Å². The number of nitrogens with one attached hydrogen (secondary N) is 1. The van der Waals surface area contributed by atoms with Gasteiger partial charge >= 0.3 is 0 Å². The molecular formula is C11H15ClN4. The van der Waals surface area contributed by atoms with Crippen LogP contribution in [-0.4, -0.2) is 36.1 Å². The maximum atomic E-state index is 5.96. The highest BCUT2D eigenvalue weighted by Gasteiger charge is 2.37. The molecule has 1 aromatic heterocycles. The maximum absolute atomic E-state index is 5.96. The van der Waals surface area contributed by atoms with Crippen LogP contribution in [0.2, 0.25) is 5.15 Å². The molecule has 0 spiro atoms. The lowest BCUT2D eigenvalue weighted by Crippen LogP contribution is -2.27. The third-order valence-corrected chi connectivity index (χ3v) is 3.68. The molecule has 3 rings (SSSR count). The predicted molar refractivity (Wildman–Crippen MR) is 63.8 cm³/mol. The average Bonchev–Trinajstić information content (AvgIpc) is 2.74. The fraction of sp³-hybridized carbons (Fsp3) is 0.636. The summed E-state index contributed by atoms with van der Waals surface area (Å²) in [6.45, 7) is 6.31. The second-order valence-corrected chi connectivity index (χ2v) is 5.10. The molecule has 2 fully saturated rings. The zero-order valence-corrected chi connectivity index (χ0v) is 10.0. The van der Waals surface area contributed by atoms with E-state index in [4.69, 9.17) is 11.6 Å². The van der Waals surface area contributed by atoms with E-state index in [1.807, 2.05) is 6.92 Å². The first kappa shape index (κ1) is 10.3. The SMILES string of the molecule is Cc1cc(Cl)nc(N2CC3CNCC3C2)n1. The van der Waals surface area contributed by atoms with Crippen molar-refractivity contribution in [3.05, 3.63) is 16.9 Å². The summed E-state index contributed by atoms with van der Waals surface area (Å²) in [6.07, 6.45) is 0. The van der Waals surface area contributed by atoms with Gasteiger partial charge in [-0.05, 0) is 24.8 Å². The minimum Gasteiger partial charge on any atom is -0.340 e. The molecular weight excluding hydrogens is 224 g/mol. The van der Waals surface area contributed by atoms with E-state index in [0.29, 0.717) is 5.15 Å². The molecule has 1 aromatic rings. The lowest BCUT2D eigenvalue weighted by Gasteiger charge is -2.17. The van der Waals surface area contributed by atoms with Gasteiger partial charge in [0, 0.05) is 31.9 Å². The summed E-state index contributed by atoms with van der Waals surface area (Å²) in [4.78, 5) is 11.0. The van der Waals surface area contributed by atoms with E-state index in [1.165, 1.54) is 0 Å². The van der Waals surface area contributed by atoms with Crippen molar-refractivity contribution in [1.29, 1.82) is 0 Å². The zero-order valence-electron chi connectivity index (χ0n) is 9.28. The van der Waals surface area contributed by atoms with E-state index < -0.39 is 0 Å². The molecule has 2 saturated heterocycles. The highest BCUT2D eigenvalue weighted by molar-refractivity contribution is 6.29. The summed E-state index contributed by atoms with van der Waals surface area (Å²) in [6, 6.07) is 1.80. The van der Waals surface area contributed by atoms with E-state index in [2.05, 4.69) is 20.2 Å². The zero-order chi connectivity index (χ0) is 11.1. The van der Waals surface area contributed by atoms with Crippen LogP contribution < -0.4 is 10.2 Å². The van der Waals surface area contributed by atoms with Gasteiger partial charge in [0.15, 0.2) is 0 Å². The number of hydrogen-bond donors (Lipinski definition) is 1. The molecule has 2 unspecified atom stereocenters. The van der Waals surface area contributed by atoms with E-state index >= 15 is 0 Å². The summed E-state index contributed by atoms with van der Waals surface area (Å²) in [5.41, 5.74) is 0.935. The van der Waals surface area contributed by atoms with Crippen LogP contribution in [0.1, 0.15) is 5.69 Å². The Bertz CT molecular complexity index is 377. The van der Waals surface area contributed by atoms with Crippen LogP contribution in [-0.2, 0) is 0 Å². The van der Waals surface area contributed by atoms with Gasteiger partial charge in [-0.15, -0.1) is 0 Å². The number of anilines is 1. The molecule has 0 aliphatic carbocycles. The molecule has 0 saturated carbocycles. The Hall–Kier alpha value is -0.870. The summed E-state index contributed by atoms with van der Waals surface area (Å²) in [5.74, 6) is 2.30. The first-order valence-electron chi connectivity index (χ1n) is 5.69. The second kappa shape index (κ2) is 3.86. The Morgan fingerprint density at radius 3 is 2.62 bits per heavy atom. The van der Waals surface area contributed by atoms with Crippen LogP contribution >= 0.6 is 11.6 Å². The molecule has 1 N–H and O–H groups in total. The minimum atomic E-state index is 0.540. The van der Waals surface area contributed by atoms with E-state index in [0.717, 1.165) is 49.7 Å². The lowest BCUT2D eigenvalue weighted by molar-refractivity contribution is 0.533. The maximum Gasteiger partial charge on any atom is 0.226 e. The summed E-state index contributed by atoms with van der Waals surface area (Å²) < 4.78 is 0. The third kappa shape index (κ3) is 1.76. The third-order valence-electron chi connectivity index (χ3n) is 3.48. The van der Waals surface area contributed by atoms with Gasteiger partial charge in [-0.1, -0.05) is 11.6 Å². The van der Waals surface area contributed by atoms with Crippen molar-refractivity contribution in [2.45, 2.75) is 6.92 Å². The Morgan fingerprint density at radius 1 is 1.31 bits per heavy atom. The number of aryl methyl sites for hydroxylation is 1. The Labute approximate surface area is 100 Å². The summed E-state index contributed by atoms with van der Waals surface area (Å²) in [5, 5.41) is 3.97. The van der Waals surface area contributed by atoms with Gasteiger partial charge in [0.1, 0.15) is 5.15 Å². The minimum absolute atomic E-state index is 0.540. The van der Waals surface area contributed by atoms with Crippen LogP contribution in [0.15, 0.2) is 6.07 Å². The van der Waals surface area contributed by atoms with Gasteiger partial charge < -0.3 is 10.2 Å². The fourth-order valence-electron chi connectivity index (χ4n) is 2.68. The van der Waals surface area contributed by atoms with Crippen molar-refractivity contribution < 1.29 is 0 Å². The van der Waals surface area contributed by atoms with Crippen molar-refractivity contribution in [3.63, 3.8) is 0 Å². The van der Waals surface area contributed by atoms with Gasteiger partial charge in [-0.3, -0.25) is 0 Å². The van der Waals surface area contributed by atoms with Crippen LogP contribution in [0.3, 0.4) is 0 Å². The normalized spacial score (nSPS) is 28.5. The Balaban J connectivity index is 1.83. The number of hydrogen-bond acceptors (Lipinski definition) is 4. The molecule has 2 atom stereocenters. The van der Waals surface area contributed by atoms with Gasteiger partial charge in [0.2, 0.25) is 5.95 Å². The van der Waals surface area contributed by atoms with Crippen molar-refractivity contribution >= 4 is 17.5 Å². The van der Waals surface area contributed by atoms with Crippen LogP contribution in [0.5, 0.6) is 0 Å².